The van der Waals surface area contributed by atoms with Gasteiger partial charge in [-0.2, -0.15) is 0 Å². The molecule has 0 saturated carbocycles. The number of rotatable bonds is 3. The monoisotopic (exact) mass is 337 g/mol. The van der Waals surface area contributed by atoms with Crippen LogP contribution in [0.15, 0.2) is 48.7 Å². The molecule has 0 fully saturated rings. The van der Waals surface area contributed by atoms with E-state index >= 15 is 0 Å². The van der Waals surface area contributed by atoms with E-state index in [-0.39, 0.29) is 11.5 Å². The Labute approximate surface area is 141 Å². The summed E-state index contributed by atoms with van der Waals surface area (Å²) in [6, 6.07) is 5.16. The zero-order valence-corrected chi connectivity index (χ0v) is 13.4. The lowest BCUT2D eigenvalue weighted by molar-refractivity contribution is 0.101. The second-order valence-corrected chi connectivity index (χ2v) is 6.02. The predicted molar refractivity (Wildman–Crippen MR) is 89.1 cm³/mol. The zero-order valence-electron chi connectivity index (χ0n) is 12.6. The molecule has 0 saturated heterocycles. The van der Waals surface area contributed by atoms with Crippen LogP contribution in [0.5, 0.6) is 11.5 Å². The summed E-state index contributed by atoms with van der Waals surface area (Å²) >= 11 is 1.41. The molecule has 118 valence electrons. The Bertz CT molecular complexity index is 951. The molecule has 1 aromatic carbocycles. The highest BCUT2D eigenvalue weighted by Gasteiger charge is 2.28. The first-order valence-electron chi connectivity index (χ1n) is 7.09. The van der Waals surface area contributed by atoms with Crippen LogP contribution in [0.3, 0.4) is 0 Å². The zero-order chi connectivity index (χ0) is 16.5. The molecule has 1 aliphatic heterocycles. The molecule has 3 heterocycles. The summed E-state index contributed by atoms with van der Waals surface area (Å²) in [6.07, 6.45) is 8.24. The van der Waals surface area contributed by atoms with Gasteiger partial charge >= 0.3 is 0 Å². The normalized spacial score (nSPS) is 14.5. The maximum atomic E-state index is 12.5. The summed E-state index contributed by atoms with van der Waals surface area (Å²) in [5.41, 5.74) is 1.19. The number of benzene rings is 1. The maximum absolute atomic E-state index is 12.5. The van der Waals surface area contributed by atoms with Crippen molar-refractivity contribution in [2.45, 2.75) is 0 Å². The van der Waals surface area contributed by atoms with Crippen LogP contribution in [0.25, 0.3) is 16.8 Å². The average molecular weight is 337 g/mol. The van der Waals surface area contributed by atoms with E-state index in [4.69, 9.17) is 9.47 Å². The van der Waals surface area contributed by atoms with Gasteiger partial charge in [-0.05, 0) is 18.2 Å². The second kappa shape index (κ2) is 5.86. The van der Waals surface area contributed by atoms with E-state index in [1.165, 1.54) is 11.3 Å². The number of allylic oxidation sites excluding steroid dienone is 1. The number of thiazole rings is 1. The maximum Gasteiger partial charge on any atom is 0.232 e. The molecule has 1 aliphatic rings. The molecule has 0 bridgehead atoms. The first-order valence-corrected chi connectivity index (χ1v) is 7.91. The van der Waals surface area contributed by atoms with Crippen molar-refractivity contribution >= 4 is 23.2 Å². The summed E-state index contributed by atoms with van der Waals surface area (Å²) in [6.45, 7) is 0. The minimum absolute atomic E-state index is 0.168. The molecule has 0 aliphatic carbocycles. The minimum Gasteiger partial charge on any atom is -0.497 e. The molecule has 3 aromatic rings. The largest absolute Gasteiger partial charge is 0.497 e. The number of ketones is 1. The molecule has 4 rings (SSSR count). The van der Waals surface area contributed by atoms with Gasteiger partial charge in [0.05, 0.1) is 23.7 Å². The van der Waals surface area contributed by atoms with E-state index in [0.717, 1.165) is 9.88 Å². The van der Waals surface area contributed by atoms with Crippen LogP contribution in [0.1, 0.15) is 15.2 Å². The molecule has 0 N–H and O–H groups in total. The number of nitrogens with zero attached hydrogens (tertiary/aromatic N) is 3. The lowest BCUT2D eigenvalue weighted by Gasteiger charge is -2.00. The van der Waals surface area contributed by atoms with Gasteiger partial charge in [-0.15, -0.1) is 11.3 Å². The van der Waals surface area contributed by atoms with Crippen molar-refractivity contribution < 1.29 is 14.3 Å². The smallest absolute Gasteiger partial charge is 0.232 e. The fourth-order valence-corrected chi connectivity index (χ4v) is 3.12. The van der Waals surface area contributed by atoms with Crippen molar-refractivity contribution in [1.29, 1.82) is 0 Å². The number of methoxy groups -OCH3 is 1. The standard InChI is InChI=1S/C17H11N3O3S/c1-22-10-2-3-14-12(6-10)16(21)15(23-14)7-11-8-20-17(24-11)13-9-18-4-5-19-13/h2-9H,1H3/b15-7+. The molecule has 6 nitrogen and oxygen atoms in total. The first kappa shape index (κ1) is 14.5. The van der Waals surface area contributed by atoms with Gasteiger partial charge < -0.3 is 9.47 Å². The van der Waals surface area contributed by atoms with E-state index in [0.29, 0.717) is 22.8 Å². The number of fused-ring (bicyclic) bond motifs is 1. The van der Waals surface area contributed by atoms with Gasteiger partial charge in [0.1, 0.15) is 22.2 Å². The molecule has 0 unspecified atom stereocenters. The molecular weight excluding hydrogens is 326 g/mol. The van der Waals surface area contributed by atoms with Crippen LogP contribution in [0.4, 0.5) is 0 Å². The lowest BCUT2D eigenvalue weighted by atomic mass is 10.1. The van der Waals surface area contributed by atoms with E-state index < -0.39 is 0 Å². The molecule has 0 radical (unpaired) electrons. The first-order chi connectivity index (χ1) is 11.7. The highest BCUT2D eigenvalue weighted by Crippen LogP contribution is 2.35. The SMILES string of the molecule is COc1ccc2c(c1)C(=O)/C(=C\c1cnc(-c3cnccn3)s1)O2. The van der Waals surface area contributed by atoms with Crippen LogP contribution in [0, 0.1) is 0 Å². The van der Waals surface area contributed by atoms with Gasteiger partial charge in [0.25, 0.3) is 0 Å². The van der Waals surface area contributed by atoms with E-state index in [9.17, 15) is 4.79 Å². The van der Waals surface area contributed by atoms with Gasteiger partial charge in [-0.25, -0.2) is 4.98 Å². The molecular formula is C17H11N3O3S. The Morgan fingerprint density at radius 3 is 2.92 bits per heavy atom. The fourth-order valence-electron chi connectivity index (χ4n) is 2.31. The molecule has 0 amide bonds. The third-order valence-corrected chi connectivity index (χ3v) is 4.42. The van der Waals surface area contributed by atoms with Gasteiger partial charge in [0.2, 0.25) is 5.78 Å². The summed E-state index contributed by atoms with van der Waals surface area (Å²) in [4.78, 5) is 25.8. The average Bonchev–Trinajstić information content (AvgIpc) is 3.21. The van der Waals surface area contributed by atoms with Crippen molar-refractivity contribution in [1.82, 2.24) is 15.0 Å². The Hall–Kier alpha value is -3.06. The van der Waals surface area contributed by atoms with Gasteiger partial charge in [-0.3, -0.25) is 14.8 Å². The lowest BCUT2D eigenvalue weighted by Crippen LogP contribution is -1.97. The Morgan fingerprint density at radius 1 is 1.21 bits per heavy atom. The van der Waals surface area contributed by atoms with Crippen LogP contribution >= 0.6 is 11.3 Å². The topological polar surface area (TPSA) is 74.2 Å². The molecule has 0 spiro atoms. The number of hydrogen-bond acceptors (Lipinski definition) is 7. The van der Waals surface area contributed by atoms with Crippen molar-refractivity contribution in [2.75, 3.05) is 7.11 Å². The number of carbonyl (C=O) groups is 1. The Balaban J connectivity index is 1.63. The molecule has 7 heteroatoms. The molecule has 2 aromatic heterocycles. The van der Waals surface area contributed by atoms with Gasteiger partial charge in [-0.1, -0.05) is 0 Å². The minimum atomic E-state index is -0.168. The molecule has 0 atom stereocenters. The fraction of sp³-hybridized carbons (Fsp3) is 0.0588. The van der Waals surface area contributed by atoms with Crippen molar-refractivity contribution in [3.8, 4) is 22.2 Å². The number of aromatic nitrogens is 3. The Kier molecular flexibility index (Phi) is 3.55. The number of carbonyl (C=O) groups excluding carboxylic acids is 1. The van der Waals surface area contributed by atoms with Crippen LogP contribution in [-0.4, -0.2) is 27.8 Å². The third-order valence-electron chi connectivity index (χ3n) is 3.45. The van der Waals surface area contributed by atoms with Crippen LogP contribution < -0.4 is 9.47 Å². The van der Waals surface area contributed by atoms with E-state index in [1.54, 1.807) is 56.2 Å². The van der Waals surface area contributed by atoms with Crippen LogP contribution in [0.2, 0.25) is 0 Å². The molecule has 24 heavy (non-hydrogen) atoms. The van der Waals surface area contributed by atoms with Crippen molar-refractivity contribution in [2.24, 2.45) is 0 Å². The number of Topliss-reactive ketones (excluding diaryl/α,β-unsaturated/α-hetero) is 1. The van der Waals surface area contributed by atoms with Crippen molar-refractivity contribution in [3.63, 3.8) is 0 Å². The Morgan fingerprint density at radius 2 is 2.12 bits per heavy atom. The summed E-state index contributed by atoms with van der Waals surface area (Å²) in [5, 5.41) is 0.736. The van der Waals surface area contributed by atoms with Gasteiger partial charge in [0.15, 0.2) is 5.76 Å². The second-order valence-electron chi connectivity index (χ2n) is 4.96. The van der Waals surface area contributed by atoms with E-state index in [1.807, 2.05) is 0 Å². The summed E-state index contributed by atoms with van der Waals surface area (Å²) < 4.78 is 10.8. The predicted octanol–water partition coefficient (Wildman–Crippen LogP) is 3.22. The van der Waals surface area contributed by atoms with Crippen LogP contribution in [-0.2, 0) is 0 Å². The van der Waals surface area contributed by atoms with Gasteiger partial charge in [0, 0.05) is 24.7 Å². The summed E-state index contributed by atoms with van der Waals surface area (Å²) in [7, 11) is 1.56. The van der Waals surface area contributed by atoms with E-state index in [2.05, 4.69) is 15.0 Å². The number of hydrogen-bond donors (Lipinski definition) is 0. The highest BCUT2D eigenvalue weighted by molar-refractivity contribution is 7.15. The van der Waals surface area contributed by atoms with Crippen molar-refractivity contribution in [3.05, 3.63) is 59.2 Å². The highest BCUT2D eigenvalue weighted by atomic mass is 32.1. The third kappa shape index (κ3) is 2.55. The summed E-state index contributed by atoms with van der Waals surface area (Å²) in [5.74, 6) is 1.26. The number of ether oxygens (including phenoxy) is 2. The quantitative estimate of drug-likeness (QED) is 0.683.